The minimum absolute atomic E-state index is 0.212. The van der Waals surface area contributed by atoms with Gasteiger partial charge in [0.1, 0.15) is 6.04 Å². The van der Waals surface area contributed by atoms with Crippen molar-refractivity contribution in [1.82, 2.24) is 19.6 Å². The van der Waals surface area contributed by atoms with Crippen molar-refractivity contribution < 1.29 is 4.79 Å². The number of nitrogens with zero attached hydrogens (tertiary/aromatic N) is 4. The molecule has 1 atom stereocenters. The second-order valence-corrected chi connectivity index (χ2v) is 5.50. The largest absolute Gasteiger partial charge is 0.368 e. The molecule has 0 unspecified atom stereocenters. The van der Waals surface area contributed by atoms with E-state index in [1.54, 1.807) is 4.68 Å². The zero-order chi connectivity index (χ0) is 14.0. The smallest absolute Gasteiger partial charge is 0.236 e. The van der Waals surface area contributed by atoms with E-state index in [1.165, 1.54) is 0 Å². The molecule has 0 bridgehead atoms. The highest BCUT2D eigenvalue weighted by atomic mass is 16.1. The van der Waals surface area contributed by atoms with Crippen molar-refractivity contribution in [3.63, 3.8) is 0 Å². The third-order valence-corrected chi connectivity index (χ3v) is 3.73. The molecule has 2 rings (SSSR count). The van der Waals surface area contributed by atoms with E-state index >= 15 is 0 Å². The Balaban J connectivity index is 2.05. The number of amides is 1. The predicted octanol–water partition coefficient (Wildman–Crippen LogP) is -0.200. The number of primary amides is 1. The van der Waals surface area contributed by atoms with Gasteiger partial charge in [0.15, 0.2) is 0 Å². The molecule has 6 nitrogen and oxygen atoms in total. The van der Waals surface area contributed by atoms with Crippen molar-refractivity contribution >= 4 is 5.91 Å². The molecule has 1 aliphatic heterocycles. The van der Waals surface area contributed by atoms with Crippen LogP contribution >= 0.6 is 0 Å². The number of aryl methyl sites for hydroxylation is 1. The lowest BCUT2D eigenvalue weighted by atomic mass is 10.1. The van der Waals surface area contributed by atoms with E-state index in [1.807, 2.05) is 19.4 Å². The predicted molar refractivity (Wildman–Crippen MR) is 73.3 cm³/mol. The maximum atomic E-state index is 11.7. The van der Waals surface area contributed by atoms with E-state index < -0.39 is 0 Å². The molecule has 1 fully saturated rings. The monoisotopic (exact) mass is 265 g/mol. The number of piperazine rings is 1. The van der Waals surface area contributed by atoms with Gasteiger partial charge in [0.2, 0.25) is 5.91 Å². The Morgan fingerprint density at radius 1 is 1.53 bits per heavy atom. The van der Waals surface area contributed by atoms with Crippen LogP contribution in [0.15, 0.2) is 12.4 Å². The van der Waals surface area contributed by atoms with Crippen molar-refractivity contribution in [3.05, 3.63) is 18.0 Å². The fraction of sp³-hybridized carbons (Fsp3) is 0.692. The summed E-state index contributed by atoms with van der Waals surface area (Å²) in [6.45, 7) is 7.58. The van der Waals surface area contributed by atoms with Crippen LogP contribution in [-0.2, 0) is 18.4 Å². The molecule has 0 aromatic carbocycles. The lowest BCUT2D eigenvalue weighted by Gasteiger charge is -2.41. The van der Waals surface area contributed by atoms with E-state index in [4.69, 9.17) is 5.73 Å². The van der Waals surface area contributed by atoms with Crippen LogP contribution in [0.3, 0.4) is 0 Å². The SMILES string of the molecule is CC(C)N1CCN(Cc2cnn(C)c2)[C@H](C(N)=O)C1. The van der Waals surface area contributed by atoms with Gasteiger partial charge in [-0.1, -0.05) is 0 Å². The van der Waals surface area contributed by atoms with Crippen molar-refractivity contribution in [1.29, 1.82) is 0 Å². The summed E-state index contributed by atoms with van der Waals surface area (Å²) in [4.78, 5) is 16.1. The van der Waals surface area contributed by atoms with E-state index in [2.05, 4.69) is 28.7 Å². The third-order valence-electron chi connectivity index (χ3n) is 3.73. The Bertz CT molecular complexity index is 442. The Labute approximate surface area is 114 Å². The molecule has 0 radical (unpaired) electrons. The molecule has 6 heteroatoms. The van der Waals surface area contributed by atoms with E-state index in [-0.39, 0.29) is 11.9 Å². The molecule has 0 aliphatic carbocycles. The molecule has 2 heterocycles. The number of rotatable bonds is 4. The van der Waals surface area contributed by atoms with E-state index in [0.29, 0.717) is 12.6 Å². The Kier molecular flexibility index (Phi) is 4.21. The molecular weight excluding hydrogens is 242 g/mol. The summed E-state index contributed by atoms with van der Waals surface area (Å²) >= 11 is 0. The number of carbonyl (C=O) groups is 1. The lowest BCUT2D eigenvalue weighted by Crippen LogP contribution is -2.58. The molecule has 2 N–H and O–H groups in total. The van der Waals surface area contributed by atoms with Crippen LogP contribution in [0.25, 0.3) is 0 Å². The Morgan fingerprint density at radius 2 is 2.26 bits per heavy atom. The second-order valence-electron chi connectivity index (χ2n) is 5.50. The fourth-order valence-corrected chi connectivity index (χ4v) is 2.56. The highest BCUT2D eigenvalue weighted by Crippen LogP contribution is 2.15. The van der Waals surface area contributed by atoms with Gasteiger partial charge in [0.25, 0.3) is 0 Å². The summed E-state index contributed by atoms with van der Waals surface area (Å²) in [7, 11) is 1.89. The maximum Gasteiger partial charge on any atom is 0.236 e. The van der Waals surface area contributed by atoms with Gasteiger partial charge in [-0.25, -0.2) is 0 Å². The fourth-order valence-electron chi connectivity index (χ4n) is 2.56. The quantitative estimate of drug-likeness (QED) is 0.819. The van der Waals surface area contributed by atoms with Crippen LogP contribution in [0.5, 0.6) is 0 Å². The molecule has 1 amide bonds. The first-order valence-corrected chi connectivity index (χ1v) is 6.72. The molecule has 0 spiro atoms. The van der Waals surface area contributed by atoms with E-state index in [0.717, 1.165) is 25.2 Å². The molecule has 1 aliphatic rings. The molecular formula is C13H23N5O. The normalized spacial score (nSPS) is 22.0. The zero-order valence-corrected chi connectivity index (χ0v) is 11.9. The van der Waals surface area contributed by atoms with Crippen molar-refractivity contribution in [2.75, 3.05) is 19.6 Å². The van der Waals surface area contributed by atoms with Gasteiger partial charge in [-0.05, 0) is 13.8 Å². The molecule has 19 heavy (non-hydrogen) atoms. The van der Waals surface area contributed by atoms with Crippen LogP contribution in [0.1, 0.15) is 19.4 Å². The number of hydrogen-bond donors (Lipinski definition) is 1. The highest BCUT2D eigenvalue weighted by Gasteiger charge is 2.31. The summed E-state index contributed by atoms with van der Waals surface area (Å²) in [6, 6.07) is 0.235. The highest BCUT2D eigenvalue weighted by molar-refractivity contribution is 5.80. The number of carbonyl (C=O) groups excluding carboxylic acids is 1. The van der Waals surface area contributed by atoms with Crippen molar-refractivity contribution in [3.8, 4) is 0 Å². The lowest BCUT2D eigenvalue weighted by molar-refractivity contribution is -0.126. The standard InChI is InChI=1S/C13H23N5O/c1-10(2)17-4-5-18(12(9-17)13(14)19)8-11-6-15-16(3)7-11/h6-7,10,12H,4-5,8-9H2,1-3H3,(H2,14,19)/t12-/m0/s1. The van der Waals surface area contributed by atoms with Gasteiger partial charge in [0.05, 0.1) is 6.20 Å². The first kappa shape index (κ1) is 14.0. The van der Waals surface area contributed by atoms with Gasteiger partial charge in [-0.15, -0.1) is 0 Å². The average Bonchev–Trinajstić information content (AvgIpc) is 2.74. The van der Waals surface area contributed by atoms with Crippen molar-refractivity contribution in [2.24, 2.45) is 12.8 Å². The Hall–Kier alpha value is -1.40. The average molecular weight is 265 g/mol. The van der Waals surface area contributed by atoms with Gasteiger partial charge < -0.3 is 5.73 Å². The number of nitrogens with two attached hydrogens (primary N) is 1. The second kappa shape index (κ2) is 5.71. The van der Waals surface area contributed by atoms with Crippen LogP contribution in [0, 0.1) is 0 Å². The summed E-state index contributed by atoms with van der Waals surface area (Å²) in [5.41, 5.74) is 6.67. The molecule has 1 aromatic heterocycles. The summed E-state index contributed by atoms with van der Waals surface area (Å²) in [6.07, 6.45) is 3.82. The molecule has 1 saturated heterocycles. The minimum Gasteiger partial charge on any atom is -0.368 e. The van der Waals surface area contributed by atoms with E-state index in [9.17, 15) is 4.79 Å². The van der Waals surface area contributed by atoms with Gasteiger partial charge >= 0.3 is 0 Å². The number of hydrogen-bond acceptors (Lipinski definition) is 4. The summed E-state index contributed by atoms with van der Waals surface area (Å²) in [5.74, 6) is -0.241. The van der Waals surface area contributed by atoms with Gasteiger partial charge in [-0.2, -0.15) is 5.10 Å². The maximum absolute atomic E-state index is 11.7. The van der Waals surface area contributed by atoms with Crippen LogP contribution in [-0.4, -0.2) is 57.2 Å². The molecule has 0 saturated carbocycles. The summed E-state index contributed by atoms with van der Waals surface area (Å²) < 4.78 is 1.78. The van der Waals surface area contributed by atoms with Crippen LogP contribution < -0.4 is 5.73 Å². The first-order chi connectivity index (χ1) is 8.97. The summed E-state index contributed by atoms with van der Waals surface area (Å²) in [5, 5.41) is 4.16. The Morgan fingerprint density at radius 3 is 2.79 bits per heavy atom. The van der Waals surface area contributed by atoms with Gasteiger partial charge in [0, 0.05) is 51.0 Å². The van der Waals surface area contributed by atoms with Crippen LogP contribution in [0.2, 0.25) is 0 Å². The minimum atomic E-state index is -0.241. The van der Waals surface area contributed by atoms with Crippen LogP contribution in [0.4, 0.5) is 0 Å². The zero-order valence-electron chi connectivity index (χ0n) is 11.9. The number of aromatic nitrogens is 2. The third kappa shape index (κ3) is 3.33. The topological polar surface area (TPSA) is 67.4 Å². The first-order valence-electron chi connectivity index (χ1n) is 6.72. The van der Waals surface area contributed by atoms with Gasteiger partial charge in [-0.3, -0.25) is 19.3 Å². The molecule has 1 aromatic rings. The molecule has 106 valence electrons. The van der Waals surface area contributed by atoms with Crippen molar-refractivity contribution in [2.45, 2.75) is 32.5 Å².